The van der Waals surface area contributed by atoms with Crippen LogP contribution in [-0.2, 0) is 24.8 Å². The Morgan fingerprint density at radius 1 is 1.32 bits per heavy atom. The summed E-state index contributed by atoms with van der Waals surface area (Å²) >= 11 is 0. The first-order chi connectivity index (χ1) is 13.4. The molecule has 2 heterocycles. The van der Waals surface area contributed by atoms with Crippen molar-refractivity contribution in [1.82, 2.24) is 14.1 Å². The maximum atomic E-state index is 13.3. The minimum atomic E-state index is -0.689. The van der Waals surface area contributed by atoms with E-state index in [1.807, 2.05) is 6.92 Å². The molecule has 0 aliphatic rings. The van der Waals surface area contributed by atoms with Crippen molar-refractivity contribution >= 4 is 22.6 Å². The lowest BCUT2D eigenvalue weighted by molar-refractivity contribution is -0.116. The molecule has 0 aliphatic heterocycles. The van der Waals surface area contributed by atoms with Crippen molar-refractivity contribution in [2.24, 2.45) is 7.05 Å². The molecule has 28 heavy (non-hydrogen) atoms. The number of ether oxygens (including phenoxy) is 1. The first kappa shape index (κ1) is 19.3. The van der Waals surface area contributed by atoms with Crippen molar-refractivity contribution in [3.63, 3.8) is 0 Å². The third-order valence-corrected chi connectivity index (χ3v) is 4.37. The highest BCUT2D eigenvalue weighted by atomic mass is 19.1. The fraction of sp³-hybridized carbons (Fsp3) is 0.263. The lowest BCUT2D eigenvalue weighted by Gasteiger charge is -2.14. The van der Waals surface area contributed by atoms with Gasteiger partial charge in [-0.3, -0.25) is 14.2 Å². The number of hydrogen-bond acceptors (Lipinski definition) is 5. The van der Waals surface area contributed by atoms with Crippen LogP contribution in [-0.4, -0.2) is 27.1 Å². The third kappa shape index (κ3) is 3.38. The van der Waals surface area contributed by atoms with Gasteiger partial charge in [0.15, 0.2) is 5.65 Å². The van der Waals surface area contributed by atoms with Gasteiger partial charge in [-0.05, 0) is 24.6 Å². The molecular formula is C19H19FN4O4. The number of hydrogen-bond donors (Lipinski definition) is 1. The molecule has 3 aromatic rings. The van der Waals surface area contributed by atoms with E-state index >= 15 is 0 Å². The minimum Gasteiger partial charge on any atom is -0.495 e. The predicted octanol–water partition coefficient (Wildman–Crippen LogP) is 1.44. The Morgan fingerprint density at radius 3 is 2.71 bits per heavy atom. The lowest BCUT2D eigenvalue weighted by atomic mass is 10.1. The number of benzene rings is 1. The molecule has 3 rings (SSSR count). The van der Waals surface area contributed by atoms with E-state index in [2.05, 4.69) is 10.3 Å². The van der Waals surface area contributed by atoms with Crippen LogP contribution in [0.2, 0.25) is 0 Å². The number of carbonyl (C=O) groups excluding carboxylic acids is 1. The molecule has 1 amide bonds. The van der Waals surface area contributed by atoms with Gasteiger partial charge in [-0.25, -0.2) is 18.7 Å². The number of amides is 1. The smallest absolute Gasteiger partial charge is 0.332 e. The van der Waals surface area contributed by atoms with Gasteiger partial charge in [0.2, 0.25) is 5.91 Å². The Hall–Kier alpha value is -3.49. The van der Waals surface area contributed by atoms with E-state index in [0.717, 1.165) is 10.6 Å². The zero-order valence-corrected chi connectivity index (χ0v) is 15.7. The maximum Gasteiger partial charge on any atom is 0.332 e. The van der Waals surface area contributed by atoms with E-state index < -0.39 is 29.5 Å². The number of pyridine rings is 1. The van der Waals surface area contributed by atoms with Crippen LogP contribution in [0.25, 0.3) is 11.0 Å². The van der Waals surface area contributed by atoms with E-state index in [9.17, 15) is 18.8 Å². The number of fused-ring (bicyclic) bond motifs is 1. The molecule has 0 aliphatic carbocycles. The predicted molar refractivity (Wildman–Crippen MR) is 102 cm³/mol. The Kier molecular flexibility index (Phi) is 5.25. The quantitative estimate of drug-likeness (QED) is 0.716. The van der Waals surface area contributed by atoms with E-state index in [4.69, 9.17) is 4.74 Å². The number of halogens is 1. The highest BCUT2D eigenvalue weighted by Gasteiger charge is 2.20. The van der Waals surface area contributed by atoms with Crippen molar-refractivity contribution in [1.29, 1.82) is 0 Å². The third-order valence-electron chi connectivity index (χ3n) is 4.37. The van der Waals surface area contributed by atoms with E-state index in [0.29, 0.717) is 17.7 Å². The van der Waals surface area contributed by atoms with Gasteiger partial charge in [0, 0.05) is 24.5 Å². The van der Waals surface area contributed by atoms with Crippen LogP contribution in [0.5, 0.6) is 5.75 Å². The summed E-state index contributed by atoms with van der Waals surface area (Å²) in [6.45, 7) is 1.36. The van der Waals surface area contributed by atoms with Crippen molar-refractivity contribution in [2.75, 3.05) is 12.4 Å². The summed E-state index contributed by atoms with van der Waals surface area (Å²) in [4.78, 5) is 42.1. The molecule has 0 bridgehead atoms. The summed E-state index contributed by atoms with van der Waals surface area (Å²) in [6, 6.07) is 5.32. The molecule has 0 spiro atoms. The monoisotopic (exact) mass is 386 g/mol. The molecule has 0 saturated carbocycles. The molecule has 0 radical (unpaired) electrons. The molecule has 1 aromatic carbocycles. The number of methoxy groups -OCH3 is 1. The molecule has 0 saturated heterocycles. The van der Waals surface area contributed by atoms with Crippen LogP contribution in [0.1, 0.15) is 12.5 Å². The van der Waals surface area contributed by atoms with Gasteiger partial charge in [-0.15, -0.1) is 0 Å². The number of rotatable bonds is 5. The zero-order chi connectivity index (χ0) is 20.4. The zero-order valence-electron chi connectivity index (χ0n) is 15.7. The Morgan fingerprint density at radius 2 is 2.07 bits per heavy atom. The topological polar surface area (TPSA) is 95.2 Å². The van der Waals surface area contributed by atoms with Gasteiger partial charge in [-0.1, -0.05) is 13.0 Å². The molecule has 9 heteroatoms. The second kappa shape index (κ2) is 7.63. The lowest BCUT2D eigenvalue weighted by Crippen LogP contribution is -2.42. The average molecular weight is 386 g/mol. The van der Waals surface area contributed by atoms with E-state index in [1.54, 1.807) is 6.20 Å². The highest BCUT2D eigenvalue weighted by Crippen LogP contribution is 2.24. The standard InChI is InChI=1S/C19H19FN4O4/c1-4-11-9-21-17-15(16(11)28-3)18(26)24(19(27)23(17)2)10-14(25)22-13-7-5-6-12(20)8-13/h5-9H,4,10H2,1-3H3,(H,22,25). The number of carbonyl (C=O) groups is 1. The fourth-order valence-electron chi connectivity index (χ4n) is 3.00. The fourth-order valence-corrected chi connectivity index (χ4v) is 3.00. The Balaban J connectivity index is 2.09. The minimum absolute atomic E-state index is 0.127. The summed E-state index contributed by atoms with van der Waals surface area (Å²) in [7, 11) is 2.89. The molecule has 0 atom stereocenters. The van der Waals surface area contributed by atoms with Gasteiger partial charge in [0.25, 0.3) is 5.56 Å². The second-order valence-electron chi connectivity index (χ2n) is 6.16. The Labute approximate surface area is 159 Å². The maximum absolute atomic E-state index is 13.3. The molecular weight excluding hydrogens is 367 g/mol. The van der Waals surface area contributed by atoms with Crippen molar-refractivity contribution in [3.05, 3.63) is 62.7 Å². The number of nitrogens with zero attached hydrogens (tertiary/aromatic N) is 3. The van der Waals surface area contributed by atoms with Crippen molar-refractivity contribution < 1.29 is 13.9 Å². The summed E-state index contributed by atoms with van der Waals surface area (Å²) in [5.74, 6) is -0.824. The summed E-state index contributed by atoms with van der Waals surface area (Å²) in [5, 5.41) is 2.60. The molecule has 1 N–H and O–H groups in total. The van der Waals surface area contributed by atoms with Gasteiger partial charge in [0.1, 0.15) is 23.5 Å². The van der Waals surface area contributed by atoms with Gasteiger partial charge in [-0.2, -0.15) is 0 Å². The number of nitrogens with one attached hydrogen (secondary N) is 1. The number of aryl methyl sites for hydroxylation is 2. The highest BCUT2D eigenvalue weighted by molar-refractivity contribution is 5.91. The van der Waals surface area contributed by atoms with Crippen LogP contribution in [0.15, 0.2) is 40.1 Å². The van der Waals surface area contributed by atoms with Gasteiger partial charge in [0.05, 0.1) is 7.11 Å². The number of anilines is 1. The van der Waals surface area contributed by atoms with Crippen molar-refractivity contribution in [2.45, 2.75) is 19.9 Å². The summed E-state index contributed by atoms with van der Waals surface area (Å²) < 4.78 is 20.7. The molecule has 0 fully saturated rings. The van der Waals surface area contributed by atoms with Crippen LogP contribution < -0.4 is 21.3 Å². The summed E-state index contributed by atoms with van der Waals surface area (Å²) in [6.07, 6.45) is 2.13. The number of aromatic nitrogens is 3. The average Bonchev–Trinajstić information content (AvgIpc) is 2.68. The first-order valence-electron chi connectivity index (χ1n) is 8.58. The molecule has 146 valence electrons. The largest absolute Gasteiger partial charge is 0.495 e. The van der Waals surface area contributed by atoms with Crippen molar-refractivity contribution in [3.8, 4) is 5.75 Å². The van der Waals surface area contributed by atoms with E-state index in [1.165, 1.54) is 36.9 Å². The molecule has 0 unspecified atom stereocenters. The molecule has 8 nitrogen and oxygen atoms in total. The van der Waals surface area contributed by atoms with Crippen LogP contribution in [0.4, 0.5) is 10.1 Å². The van der Waals surface area contributed by atoms with Crippen LogP contribution >= 0.6 is 0 Å². The van der Waals surface area contributed by atoms with Gasteiger partial charge >= 0.3 is 5.69 Å². The SMILES string of the molecule is CCc1cnc2c(c1OC)c(=O)n(CC(=O)Nc1cccc(F)c1)c(=O)n2C. The van der Waals surface area contributed by atoms with Crippen LogP contribution in [0.3, 0.4) is 0 Å². The Bertz CT molecular complexity index is 1180. The van der Waals surface area contributed by atoms with Gasteiger partial charge < -0.3 is 10.1 Å². The summed E-state index contributed by atoms with van der Waals surface area (Å²) in [5.41, 5.74) is -0.256. The first-order valence-corrected chi connectivity index (χ1v) is 8.58. The van der Waals surface area contributed by atoms with Crippen LogP contribution in [0, 0.1) is 5.82 Å². The second-order valence-corrected chi connectivity index (χ2v) is 6.16. The normalized spacial score (nSPS) is 10.9. The van der Waals surface area contributed by atoms with E-state index in [-0.39, 0.29) is 16.7 Å². The molecule has 2 aromatic heterocycles.